The van der Waals surface area contributed by atoms with E-state index in [9.17, 15) is 0 Å². The maximum Gasteiger partial charge on any atom is 0.120 e. The number of hydrogen-bond donors (Lipinski definition) is 1. The van der Waals surface area contributed by atoms with E-state index < -0.39 is 0 Å². The van der Waals surface area contributed by atoms with E-state index in [1.807, 2.05) is 42.6 Å². The molecule has 108 valence electrons. The van der Waals surface area contributed by atoms with Crippen molar-refractivity contribution in [3.05, 3.63) is 46.6 Å². The predicted octanol–water partition coefficient (Wildman–Crippen LogP) is 3.86. The number of aromatic nitrogens is 2. The molecule has 3 aromatic rings. The van der Waals surface area contributed by atoms with E-state index in [1.165, 1.54) is 0 Å². The predicted molar refractivity (Wildman–Crippen MR) is 86.1 cm³/mol. The lowest BCUT2D eigenvalue weighted by Gasteiger charge is -2.12. The topological polar surface area (TPSA) is 52.5 Å². The zero-order valence-electron chi connectivity index (χ0n) is 12.1. The van der Waals surface area contributed by atoms with Gasteiger partial charge in [-0.15, -0.1) is 0 Å². The number of anilines is 1. The molecule has 2 heterocycles. The number of aryl methyl sites for hydroxylation is 2. The number of hydrogen-bond acceptors (Lipinski definition) is 3. The number of fused-ring (bicyclic) bond motifs is 1. The zero-order valence-corrected chi connectivity index (χ0v) is 12.9. The van der Waals surface area contributed by atoms with Crippen molar-refractivity contribution in [1.29, 1.82) is 0 Å². The molecule has 0 radical (unpaired) electrons. The summed E-state index contributed by atoms with van der Waals surface area (Å²) in [6.07, 6.45) is 0. The van der Waals surface area contributed by atoms with Gasteiger partial charge in [-0.1, -0.05) is 17.7 Å². The van der Waals surface area contributed by atoms with Crippen molar-refractivity contribution in [3.8, 4) is 17.0 Å². The number of benzene rings is 1. The van der Waals surface area contributed by atoms with E-state index in [-0.39, 0.29) is 0 Å². The molecule has 0 spiro atoms. The van der Waals surface area contributed by atoms with Gasteiger partial charge in [-0.2, -0.15) is 5.10 Å². The molecule has 5 heteroatoms. The average molecular weight is 302 g/mol. The summed E-state index contributed by atoms with van der Waals surface area (Å²) in [5.41, 5.74) is 11.4. The summed E-state index contributed by atoms with van der Waals surface area (Å²) < 4.78 is 7.05. The smallest absolute Gasteiger partial charge is 0.120 e. The minimum Gasteiger partial charge on any atom is -0.497 e. The van der Waals surface area contributed by atoms with Crippen molar-refractivity contribution in [1.82, 2.24) is 9.61 Å². The van der Waals surface area contributed by atoms with E-state index in [1.54, 1.807) is 13.2 Å². The molecular formula is C16H16ClN3O. The molecule has 3 rings (SSSR count). The van der Waals surface area contributed by atoms with Crippen molar-refractivity contribution in [2.45, 2.75) is 13.8 Å². The van der Waals surface area contributed by atoms with Crippen LogP contribution in [0.5, 0.6) is 5.75 Å². The molecule has 0 aliphatic carbocycles. The SMILES string of the molecule is COc1ccc(-c2c(C)ccc3c(N)c(C)nn23)c(Cl)c1. The van der Waals surface area contributed by atoms with E-state index in [0.717, 1.165) is 33.8 Å². The Morgan fingerprint density at radius 3 is 2.62 bits per heavy atom. The number of nitrogens with zero attached hydrogens (tertiary/aromatic N) is 2. The van der Waals surface area contributed by atoms with Gasteiger partial charge in [0.2, 0.25) is 0 Å². The second kappa shape index (κ2) is 4.97. The van der Waals surface area contributed by atoms with Gasteiger partial charge in [0.15, 0.2) is 0 Å². The molecule has 0 aliphatic heterocycles. The summed E-state index contributed by atoms with van der Waals surface area (Å²) in [4.78, 5) is 0. The van der Waals surface area contributed by atoms with Crippen LogP contribution in [0.15, 0.2) is 30.3 Å². The van der Waals surface area contributed by atoms with Crippen molar-refractivity contribution >= 4 is 22.8 Å². The molecule has 0 aliphatic rings. The fourth-order valence-electron chi connectivity index (χ4n) is 2.48. The number of rotatable bonds is 2. The molecule has 0 fully saturated rings. The highest BCUT2D eigenvalue weighted by Gasteiger charge is 2.15. The molecule has 0 atom stereocenters. The Morgan fingerprint density at radius 1 is 1.19 bits per heavy atom. The molecule has 21 heavy (non-hydrogen) atoms. The Morgan fingerprint density at radius 2 is 1.95 bits per heavy atom. The zero-order chi connectivity index (χ0) is 15.1. The number of ether oxygens (including phenoxy) is 1. The van der Waals surface area contributed by atoms with E-state index in [0.29, 0.717) is 10.7 Å². The second-order valence-electron chi connectivity index (χ2n) is 5.01. The summed E-state index contributed by atoms with van der Waals surface area (Å²) in [6, 6.07) is 9.64. The highest BCUT2D eigenvalue weighted by Crippen LogP contribution is 2.34. The fourth-order valence-corrected chi connectivity index (χ4v) is 2.74. The highest BCUT2D eigenvalue weighted by atomic mass is 35.5. The van der Waals surface area contributed by atoms with Crippen molar-refractivity contribution < 1.29 is 4.74 Å². The van der Waals surface area contributed by atoms with Gasteiger partial charge in [0.1, 0.15) is 5.75 Å². The van der Waals surface area contributed by atoms with Crippen molar-refractivity contribution in [3.63, 3.8) is 0 Å². The summed E-state index contributed by atoms with van der Waals surface area (Å²) in [5.74, 6) is 0.727. The Kier molecular flexibility index (Phi) is 3.26. The van der Waals surface area contributed by atoms with Crippen LogP contribution >= 0.6 is 11.6 Å². The lowest BCUT2D eigenvalue weighted by molar-refractivity contribution is 0.415. The van der Waals surface area contributed by atoms with Gasteiger partial charge in [0.25, 0.3) is 0 Å². The average Bonchev–Trinajstić information content (AvgIpc) is 2.75. The third kappa shape index (κ3) is 2.12. The largest absolute Gasteiger partial charge is 0.497 e. The first-order valence-corrected chi connectivity index (χ1v) is 6.99. The fraction of sp³-hybridized carbons (Fsp3) is 0.188. The Balaban J connectivity index is 2.34. The van der Waals surface area contributed by atoms with Crippen LogP contribution in [-0.2, 0) is 0 Å². The van der Waals surface area contributed by atoms with Gasteiger partial charge in [0.05, 0.1) is 34.7 Å². The molecule has 4 nitrogen and oxygen atoms in total. The van der Waals surface area contributed by atoms with Gasteiger partial charge in [-0.25, -0.2) is 4.52 Å². The number of halogens is 1. The van der Waals surface area contributed by atoms with E-state index in [2.05, 4.69) is 5.10 Å². The van der Waals surface area contributed by atoms with Crippen LogP contribution in [0.25, 0.3) is 16.8 Å². The van der Waals surface area contributed by atoms with Crippen LogP contribution in [0.2, 0.25) is 5.02 Å². The van der Waals surface area contributed by atoms with Gasteiger partial charge >= 0.3 is 0 Å². The van der Waals surface area contributed by atoms with Gasteiger partial charge < -0.3 is 10.5 Å². The number of methoxy groups -OCH3 is 1. The first kappa shape index (κ1) is 13.8. The molecular weight excluding hydrogens is 286 g/mol. The van der Waals surface area contributed by atoms with Crippen LogP contribution in [0.4, 0.5) is 5.69 Å². The van der Waals surface area contributed by atoms with E-state index in [4.69, 9.17) is 22.1 Å². The lowest BCUT2D eigenvalue weighted by Crippen LogP contribution is -1.98. The third-order valence-electron chi connectivity index (χ3n) is 3.65. The molecule has 0 saturated heterocycles. The highest BCUT2D eigenvalue weighted by molar-refractivity contribution is 6.33. The second-order valence-corrected chi connectivity index (χ2v) is 5.41. The maximum absolute atomic E-state index is 6.41. The van der Waals surface area contributed by atoms with Crippen LogP contribution in [0.3, 0.4) is 0 Å². The summed E-state index contributed by atoms with van der Waals surface area (Å²) in [7, 11) is 1.62. The molecule has 0 saturated carbocycles. The Hall–Kier alpha value is -2.20. The molecule has 2 aromatic heterocycles. The number of nitrogens with two attached hydrogens (primary N) is 1. The molecule has 2 N–H and O–H groups in total. The number of nitrogen functional groups attached to an aromatic ring is 1. The maximum atomic E-state index is 6.41. The Labute approximate surface area is 128 Å². The molecule has 0 bridgehead atoms. The van der Waals surface area contributed by atoms with Crippen LogP contribution in [0.1, 0.15) is 11.3 Å². The summed E-state index contributed by atoms with van der Waals surface area (Å²) >= 11 is 6.41. The first-order chi connectivity index (χ1) is 10.0. The molecule has 0 unspecified atom stereocenters. The standard InChI is InChI=1S/C16H16ClN3O/c1-9-4-7-14-15(18)10(2)19-20(14)16(9)12-6-5-11(21-3)8-13(12)17/h4-8H,18H2,1-3H3. The minimum atomic E-state index is 0.622. The van der Waals surface area contributed by atoms with Crippen molar-refractivity contribution in [2.24, 2.45) is 0 Å². The summed E-state index contributed by atoms with van der Waals surface area (Å²) in [6.45, 7) is 3.93. The Bertz CT molecular complexity index is 839. The molecule has 1 aromatic carbocycles. The lowest BCUT2D eigenvalue weighted by atomic mass is 10.1. The number of pyridine rings is 1. The van der Waals surface area contributed by atoms with Gasteiger partial charge in [-0.3, -0.25) is 0 Å². The van der Waals surface area contributed by atoms with Crippen LogP contribution < -0.4 is 10.5 Å². The van der Waals surface area contributed by atoms with Gasteiger partial charge in [-0.05, 0) is 43.7 Å². The molecule has 0 amide bonds. The summed E-state index contributed by atoms with van der Waals surface area (Å²) in [5, 5.41) is 5.16. The first-order valence-electron chi connectivity index (χ1n) is 6.61. The van der Waals surface area contributed by atoms with Crippen molar-refractivity contribution in [2.75, 3.05) is 12.8 Å². The normalized spacial score (nSPS) is 11.0. The minimum absolute atomic E-state index is 0.622. The van der Waals surface area contributed by atoms with E-state index >= 15 is 0 Å². The van der Waals surface area contributed by atoms with Crippen LogP contribution in [-0.4, -0.2) is 16.7 Å². The van der Waals surface area contributed by atoms with Crippen LogP contribution in [0, 0.1) is 13.8 Å². The third-order valence-corrected chi connectivity index (χ3v) is 3.96. The monoisotopic (exact) mass is 301 g/mol. The van der Waals surface area contributed by atoms with Gasteiger partial charge in [0, 0.05) is 5.56 Å². The quantitative estimate of drug-likeness (QED) is 0.782.